The molecule has 128 valence electrons. The number of nitrogen functional groups attached to an aromatic ring is 1. The fraction of sp³-hybridized carbons (Fsp3) is 0.611. The van der Waals surface area contributed by atoms with Crippen LogP contribution in [0.15, 0.2) is 24.3 Å². The summed E-state index contributed by atoms with van der Waals surface area (Å²) in [5, 5.41) is 3.50. The van der Waals surface area contributed by atoms with Crippen LogP contribution in [0.3, 0.4) is 0 Å². The number of nitrogens with two attached hydrogens (primary N) is 1. The lowest BCUT2D eigenvalue weighted by Gasteiger charge is -2.33. The Morgan fingerprint density at radius 1 is 1.26 bits per heavy atom. The summed E-state index contributed by atoms with van der Waals surface area (Å²) in [6, 6.07) is 7.95. The molecule has 0 aromatic heterocycles. The molecule has 5 nitrogen and oxygen atoms in total. The van der Waals surface area contributed by atoms with Gasteiger partial charge in [-0.15, -0.1) is 0 Å². The van der Waals surface area contributed by atoms with Crippen LogP contribution in [0, 0.1) is 5.92 Å². The van der Waals surface area contributed by atoms with Gasteiger partial charge in [-0.2, -0.15) is 0 Å². The predicted molar refractivity (Wildman–Crippen MR) is 93.1 cm³/mol. The molecule has 1 fully saturated rings. The fourth-order valence-corrected chi connectivity index (χ4v) is 2.70. The van der Waals surface area contributed by atoms with E-state index in [1.165, 1.54) is 5.56 Å². The van der Waals surface area contributed by atoms with E-state index >= 15 is 0 Å². The molecule has 1 aliphatic rings. The van der Waals surface area contributed by atoms with Crippen LogP contribution < -0.4 is 11.1 Å². The van der Waals surface area contributed by atoms with E-state index in [0.29, 0.717) is 5.92 Å². The summed E-state index contributed by atoms with van der Waals surface area (Å²) < 4.78 is 5.42. The quantitative estimate of drug-likeness (QED) is 0.837. The number of anilines is 1. The first kappa shape index (κ1) is 17.6. The van der Waals surface area contributed by atoms with E-state index in [2.05, 4.69) is 5.32 Å². The van der Waals surface area contributed by atoms with Gasteiger partial charge in [0.15, 0.2) is 0 Å². The molecule has 3 N–H and O–H groups in total. The molecule has 0 spiro atoms. The number of hydrogen-bond donors (Lipinski definition) is 2. The Labute approximate surface area is 139 Å². The fourth-order valence-electron chi connectivity index (χ4n) is 2.70. The Morgan fingerprint density at radius 2 is 1.87 bits per heavy atom. The van der Waals surface area contributed by atoms with Gasteiger partial charge in [0.2, 0.25) is 0 Å². The van der Waals surface area contributed by atoms with Gasteiger partial charge in [-0.25, -0.2) is 4.79 Å². The minimum Gasteiger partial charge on any atom is -0.444 e. The highest BCUT2D eigenvalue weighted by Crippen LogP contribution is 2.19. The van der Waals surface area contributed by atoms with E-state index in [-0.39, 0.29) is 6.09 Å². The third kappa shape index (κ3) is 6.10. The van der Waals surface area contributed by atoms with Crippen molar-refractivity contribution >= 4 is 11.8 Å². The van der Waals surface area contributed by atoms with Crippen molar-refractivity contribution in [3.63, 3.8) is 0 Å². The molecule has 1 saturated heterocycles. The van der Waals surface area contributed by atoms with Crippen molar-refractivity contribution in [3.8, 4) is 0 Å². The summed E-state index contributed by atoms with van der Waals surface area (Å²) in [6.07, 6.45) is 1.85. The van der Waals surface area contributed by atoms with Gasteiger partial charge in [0.1, 0.15) is 5.60 Å². The van der Waals surface area contributed by atoms with Crippen LogP contribution in [0.25, 0.3) is 0 Å². The highest BCUT2D eigenvalue weighted by Gasteiger charge is 2.26. The van der Waals surface area contributed by atoms with Crippen molar-refractivity contribution in [1.82, 2.24) is 10.2 Å². The van der Waals surface area contributed by atoms with Crippen molar-refractivity contribution in [3.05, 3.63) is 29.8 Å². The first-order chi connectivity index (χ1) is 10.8. The Hall–Kier alpha value is -1.75. The lowest BCUT2D eigenvalue weighted by molar-refractivity contribution is 0.0184. The number of likely N-dealkylation sites (tertiary alicyclic amines) is 1. The molecule has 0 bridgehead atoms. The Kier molecular flexibility index (Phi) is 5.88. The van der Waals surface area contributed by atoms with E-state index in [0.717, 1.165) is 44.7 Å². The number of piperidine rings is 1. The van der Waals surface area contributed by atoms with Gasteiger partial charge in [0, 0.05) is 25.3 Å². The predicted octanol–water partition coefficient (Wildman–Crippen LogP) is 3.01. The van der Waals surface area contributed by atoms with Crippen LogP contribution in [-0.4, -0.2) is 36.2 Å². The molecule has 0 radical (unpaired) electrons. The first-order valence-corrected chi connectivity index (χ1v) is 8.36. The van der Waals surface area contributed by atoms with Crippen LogP contribution in [0.1, 0.15) is 39.2 Å². The second kappa shape index (κ2) is 7.68. The number of carbonyl (C=O) groups excluding carboxylic acids is 1. The van der Waals surface area contributed by atoms with Gasteiger partial charge in [-0.3, -0.25) is 0 Å². The van der Waals surface area contributed by atoms with Gasteiger partial charge in [0.25, 0.3) is 0 Å². The number of carbonyl (C=O) groups is 1. The van der Waals surface area contributed by atoms with Gasteiger partial charge in [-0.05, 0) is 63.8 Å². The molecule has 5 heteroatoms. The summed E-state index contributed by atoms with van der Waals surface area (Å²) in [4.78, 5) is 13.8. The van der Waals surface area contributed by atoms with Gasteiger partial charge < -0.3 is 20.7 Å². The molecule has 1 heterocycles. The minimum atomic E-state index is -0.422. The van der Waals surface area contributed by atoms with Crippen molar-refractivity contribution in [2.24, 2.45) is 5.92 Å². The molecule has 0 unspecified atom stereocenters. The summed E-state index contributed by atoms with van der Waals surface area (Å²) in [6.45, 7) is 9.10. The van der Waals surface area contributed by atoms with Crippen LogP contribution >= 0.6 is 0 Å². The number of hydrogen-bond acceptors (Lipinski definition) is 4. The molecular formula is C18H29N3O2. The normalized spacial score (nSPS) is 16.4. The number of nitrogens with one attached hydrogen (secondary N) is 1. The molecule has 0 atom stereocenters. The zero-order valence-corrected chi connectivity index (χ0v) is 14.5. The largest absolute Gasteiger partial charge is 0.444 e. The molecule has 1 aromatic carbocycles. The van der Waals surface area contributed by atoms with Crippen LogP contribution in [0.5, 0.6) is 0 Å². The Balaban J connectivity index is 1.66. The van der Waals surface area contributed by atoms with Crippen molar-refractivity contribution in [2.75, 3.05) is 25.4 Å². The third-order valence-corrected chi connectivity index (χ3v) is 4.01. The van der Waals surface area contributed by atoms with Crippen molar-refractivity contribution in [2.45, 2.75) is 45.8 Å². The van der Waals surface area contributed by atoms with E-state index in [4.69, 9.17) is 10.5 Å². The topological polar surface area (TPSA) is 67.6 Å². The monoisotopic (exact) mass is 319 g/mol. The number of nitrogens with zero attached hydrogens (tertiary/aromatic N) is 1. The smallest absolute Gasteiger partial charge is 0.410 e. The maximum Gasteiger partial charge on any atom is 0.410 e. The SMILES string of the molecule is CC(C)(C)OC(=O)N1CCC(CNCc2ccc(N)cc2)CC1. The molecule has 23 heavy (non-hydrogen) atoms. The van der Waals surface area contributed by atoms with Crippen LogP contribution in [0.2, 0.25) is 0 Å². The zero-order chi connectivity index (χ0) is 16.9. The Morgan fingerprint density at radius 3 is 2.43 bits per heavy atom. The number of rotatable bonds is 4. The molecule has 1 amide bonds. The molecule has 1 aromatic rings. The molecule has 2 rings (SSSR count). The minimum absolute atomic E-state index is 0.189. The number of amides is 1. The van der Waals surface area contributed by atoms with Gasteiger partial charge in [0.05, 0.1) is 0 Å². The molecule has 0 saturated carbocycles. The summed E-state index contributed by atoms with van der Waals surface area (Å²) in [7, 11) is 0. The lowest BCUT2D eigenvalue weighted by atomic mass is 9.97. The average Bonchev–Trinajstić information content (AvgIpc) is 2.48. The lowest BCUT2D eigenvalue weighted by Crippen LogP contribution is -2.43. The van der Waals surface area contributed by atoms with Gasteiger partial charge >= 0.3 is 6.09 Å². The third-order valence-electron chi connectivity index (χ3n) is 4.01. The van der Waals surface area contributed by atoms with Crippen molar-refractivity contribution in [1.29, 1.82) is 0 Å². The second-order valence-electron chi connectivity index (χ2n) is 7.28. The van der Waals surface area contributed by atoms with E-state index < -0.39 is 5.60 Å². The van der Waals surface area contributed by atoms with E-state index in [1.54, 1.807) is 0 Å². The van der Waals surface area contributed by atoms with Gasteiger partial charge in [-0.1, -0.05) is 12.1 Å². The van der Waals surface area contributed by atoms with E-state index in [1.807, 2.05) is 49.9 Å². The maximum atomic E-state index is 12.0. The zero-order valence-electron chi connectivity index (χ0n) is 14.5. The standard InChI is InChI=1S/C18H29N3O2/c1-18(2,3)23-17(22)21-10-8-15(9-11-21)13-20-12-14-4-6-16(19)7-5-14/h4-7,15,20H,8-13,19H2,1-3H3. The molecular weight excluding hydrogens is 290 g/mol. The molecule has 1 aliphatic heterocycles. The summed E-state index contributed by atoms with van der Waals surface area (Å²) in [5.41, 5.74) is 7.30. The summed E-state index contributed by atoms with van der Waals surface area (Å²) >= 11 is 0. The highest BCUT2D eigenvalue weighted by atomic mass is 16.6. The average molecular weight is 319 g/mol. The first-order valence-electron chi connectivity index (χ1n) is 8.36. The van der Waals surface area contributed by atoms with Crippen LogP contribution in [-0.2, 0) is 11.3 Å². The second-order valence-corrected chi connectivity index (χ2v) is 7.28. The van der Waals surface area contributed by atoms with Crippen molar-refractivity contribution < 1.29 is 9.53 Å². The summed E-state index contributed by atoms with van der Waals surface area (Å²) in [5.74, 6) is 0.613. The van der Waals surface area contributed by atoms with Crippen LogP contribution in [0.4, 0.5) is 10.5 Å². The number of ether oxygens (including phenoxy) is 1. The van der Waals surface area contributed by atoms with E-state index in [9.17, 15) is 4.79 Å². The maximum absolute atomic E-state index is 12.0. The Bertz CT molecular complexity index is 500. The molecule has 0 aliphatic carbocycles. The number of benzene rings is 1. The highest BCUT2D eigenvalue weighted by molar-refractivity contribution is 5.68.